The Morgan fingerprint density at radius 2 is 1.84 bits per heavy atom. The maximum atomic E-state index is 13.5. The van der Waals surface area contributed by atoms with Crippen LogP contribution in [-0.2, 0) is 0 Å². The van der Waals surface area contributed by atoms with Crippen LogP contribution in [0.5, 0.6) is 11.5 Å². The maximum absolute atomic E-state index is 13.5. The van der Waals surface area contributed by atoms with Gasteiger partial charge >= 0.3 is 0 Å². The van der Waals surface area contributed by atoms with Crippen molar-refractivity contribution >= 4 is 27.5 Å². The van der Waals surface area contributed by atoms with E-state index in [2.05, 4.69) is 21.2 Å². The Hall–Kier alpha value is -2.08. The van der Waals surface area contributed by atoms with Gasteiger partial charge in [-0.1, -0.05) is 15.9 Å². The summed E-state index contributed by atoms with van der Waals surface area (Å²) in [7, 11) is 0. The molecule has 0 aliphatic rings. The third-order valence-electron chi connectivity index (χ3n) is 2.41. The first-order chi connectivity index (χ1) is 8.97. The lowest BCUT2D eigenvalue weighted by molar-refractivity contribution is 0.102. The molecule has 0 fully saturated rings. The Balaban J connectivity index is 2.25. The number of rotatable bonds is 2. The molecule has 0 aromatic heterocycles. The van der Waals surface area contributed by atoms with E-state index in [0.29, 0.717) is 4.47 Å². The van der Waals surface area contributed by atoms with E-state index in [1.807, 2.05) is 0 Å². The summed E-state index contributed by atoms with van der Waals surface area (Å²) in [5.74, 6) is -1.90. The zero-order valence-electron chi connectivity index (χ0n) is 9.52. The molecule has 0 aliphatic heterocycles. The summed E-state index contributed by atoms with van der Waals surface area (Å²) in [6.45, 7) is 0. The SMILES string of the molecule is O=C(Nc1cc(Br)ccc1F)c1ccc(O)c(O)c1. The van der Waals surface area contributed by atoms with E-state index in [-0.39, 0.29) is 17.0 Å². The van der Waals surface area contributed by atoms with Gasteiger partial charge in [-0.3, -0.25) is 4.79 Å². The Bertz CT molecular complexity index is 646. The normalized spacial score (nSPS) is 10.2. The molecule has 0 unspecified atom stereocenters. The molecule has 1 amide bonds. The molecule has 0 saturated carbocycles. The molecule has 2 aromatic rings. The minimum atomic E-state index is -0.590. The zero-order chi connectivity index (χ0) is 14.0. The van der Waals surface area contributed by atoms with E-state index in [0.717, 1.165) is 6.07 Å². The molecular formula is C13H9BrFNO3. The summed E-state index contributed by atoms with van der Waals surface area (Å²) in [6, 6.07) is 7.75. The second kappa shape index (κ2) is 5.27. The third kappa shape index (κ3) is 3.03. The van der Waals surface area contributed by atoms with Crippen molar-refractivity contribution in [2.75, 3.05) is 5.32 Å². The van der Waals surface area contributed by atoms with E-state index in [1.165, 1.54) is 30.3 Å². The van der Waals surface area contributed by atoms with Crippen LogP contribution in [0.25, 0.3) is 0 Å². The maximum Gasteiger partial charge on any atom is 0.255 e. The van der Waals surface area contributed by atoms with Crippen molar-refractivity contribution in [2.45, 2.75) is 0 Å². The number of carbonyl (C=O) groups excluding carboxylic acids is 1. The van der Waals surface area contributed by atoms with Gasteiger partial charge in [0.25, 0.3) is 5.91 Å². The van der Waals surface area contributed by atoms with Crippen LogP contribution in [0.4, 0.5) is 10.1 Å². The van der Waals surface area contributed by atoms with Gasteiger partial charge in [-0.05, 0) is 36.4 Å². The van der Waals surface area contributed by atoms with Crippen LogP contribution in [-0.4, -0.2) is 16.1 Å². The Kier molecular flexibility index (Phi) is 3.71. The number of hydrogen-bond acceptors (Lipinski definition) is 3. The van der Waals surface area contributed by atoms with Crippen LogP contribution in [0.15, 0.2) is 40.9 Å². The predicted molar refractivity (Wildman–Crippen MR) is 71.8 cm³/mol. The van der Waals surface area contributed by atoms with Crippen LogP contribution >= 0.6 is 15.9 Å². The summed E-state index contributed by atoms with van der Waals surface area (Å²) < 4.78 is 14.1. The minimum absolute atomic E-state index is 0.0203. The van der Waals surface area contributed by atoms with Crippen LogP contribution in [0.3, 0.4) is 0 Å². The van der Waals surface area contributed by atoms with Crippen LogP contribution in [0.2, 0.25) is 0 Å². The lowest BCUT2D eigenvalue weighted by atomic mass is 10.2. The van der Waals surface area contributed by atoms with Gasteiger partial charge in [0.2, 0.25) is 0 Å². The van der Waals surface area contributed by atoms with E-state index in [4.69, 9.17) is 5.11 Å². The number of hydrogen-bond donors (Lipinski definition) is 3. The number of phenols is 2. The number of benzene rings is 2. The van der Waals surface area contributed by atoms with Crippen LogP contribution in [0.1, 0.15) is 10.4 Å². The first-order valence-electron chi connectivity index (χ1n) is 5.26. The minimum Gasteiger partial charge on any atom is -0.504 e. The van der Waals surface area contributed by atoms with Crippen molar-refractivity contribution in [3.63, 3.8) is 0 Å². The summed E-state index contributed by atoms with van der Waals surface area (Å²) in [4.78, 5) is 11.9. The quantitative estimate of drug-likeness (QED) is 0.742. The third-order valence-corrected chi connectivity index (χ3v) is 2.91. The molecule has 0 spiro atoms. The number of halogens is 2. The van der Waals surface area contributed by atoms with Crippen LogP contribution < -0.4 is 5.32 Å². The number of amides is 1. The molecule has 0 saturated heterocycles. The average molecular weight is 326 g/mol. The molecule has 2 rings (SSSR count). The molecule has 0 aliphatic carbocycles. The van der Waals surface area contributed by atoms with Crippen molar-refractivity contribution in [2.24, 2.45) is 0 Å². The number of aromatic hydroxyl groups is 2. The second-order valence-corrected chi connectivity index (χ2v) is 4.70. The Labute approximate surface area is 116 Å². The zero-order valence-corrected chi connectivity index (χ0v) is 11.1. The Morgan fingerprint density at radius 1 is 1.11 bits per heavy atom. The largest absolute Gasteiger partial charge is 0.504 e. The molecule has 98 valence electrons. The molecule has 0 radical (unpaired) electrons. The van der Waals surface area contributed by atoms with Crippen LogP contribution in [0, 0.1) is 5.82 Å². The van der Waals surface area contributed by atoms with E-state index >= 15 is 0 Å². The molecule has 0 heterocycles. The van der Waals surface area contributed by atoms with E-state index in [9.17, 15) is 14.3 Å². The second-order valence-electron chi connectivity index (χ2n) is 3.78. The number of phenolic OH excluding ortho intramolecular Hbond substituents is 2. The fourth-order valence-corrected chi connectivity index (χ4v) is 1.81. The highest BCUT2D eigenvalue weighted by Gasteiger charge is 2.11. The molecule has 2 aromatic carbocycles. The Morgan fingerprint density at radius 3 is 2.53 bits per heavy atom. The van der Waals surface area contributed by atoms with Gasteiger partial charge in [0.1, 0.15) is 5.82 Å². The molecular weight excluding hydrogens is 317 g/mol. The summed E-state index contributed by atoms with van der Waals surface area (Å²) in [6.07, 6.45) is 0. The van der Waals surface area contributed by atoms with Crippen molar-refractivity contribution in [3.8, 4) is 11.5 Å². The molecule has 0 atom stereocenters. The number of nitrogens with one attached hydrogen (secondary N) is 1. The van der Waals surface area contributed by atoms with Crippen molar-refractivity contribution in [1.29, 1.82) is 0 Å². The highest BCUT2D eigenvalue weighted by molar-refractivity contribution is 9.10. The number of carbonyl (C=O) groups is 1. The van der Waals surface area contributed by atoms with Gasteiger partial charge in [-0.25, -0.2) is 4.39 Å². The monoisotopic (exact) mass is 325 g/mol. The van der Waals surface area contributed by atoms with Gasteiger partial charge in [0, 0.05) is 10.0 Å². The van der Waals surface area contributed by atoms with Crippen molar-refractivity contribution in [1.82, 2.24) is 0 Å². The van der Waals surface area contributed by atoms with E-state index < -0.39 is 17.5 Å². The van der Waals surface area contributed by atoms with Gasteiger partial charge < -0.3 is 15.5 Å². The molecule has 19 heavy (non-hydrogen) atoms. The first-order valence-corrected chi connectivity index (χ1v) is 6.05. The standard InChI is InChI=1S/C13H9BrFNO3/c14-8-2-3-9(15)10(6-8)16-13(19)7-1-4-11(17)12(18)5-7/h1-6,17-18H,(H,16,19). The van der Waals surface area contributed by atoms with Crippen molar-refractivity contribution in [3.05, 3.63) is 52.3 Å². The highest BCUT2D eigenvalue weighted by atomic mass is 79.9. The van der Waals surface area contributed by atoms with E-state index in [1.54, 1.807) is 0 Å². The molecule has 0 bridgehead atoms. The van der Waals surface area contributed by atoms with Crippen molar-refractivity contribution < 1.29 is 19.4 Å². The fourth-order valence-electron chi connectivity index (χ4n) is 1.45. The van der Waals surface area contributed by atoms with Gasteiger partial charge in [-0.2, -0.15) is 0 Å². The topological polar surface area (TPSA) is 69.6 Å². The molecule has 6 heteroatoms. The smallest absolute Gasteiger partial charge is 0.255 e. The van der Waals surface area contributed by atoms with Gasteiger partial charge in [0.15, 0.2) is 11.5 Å². The van der Waals surface area contributed by atoms with Gasteiger partial charge in [-0.15, -0.1) is 0 Å². The molecule has 4 nitrogen and oxygen atoms in total. The summed E-state index contributed by atoms with van der Waals surface area (Å²) >= 11 is 3.17. The fraction of sp³-hybridized carbons (Fsp3) is 0. The number of anilines is 1. The van der Waals surface area contributed by atoms with Gasteiger partial charge in [0.05, 0.1) is 5.69 Å². The summed E-state index contributed by atoms with van der Waals surface area (Å²) in [5, 5.41) is 20.8. The average Bonchev–Trinajstić information content (AvgIpc) is 2.37. The lowest BCUT2D eigenvalue weighted by Gasteiger charge is -2.07. The highest BCUT2D eigenvalue weighted by Crippen LogP contribution is 2.26. The lowest BCUT2D eigenvalue weighted by Crippen LogP contribution is -2.12. The summed E-state index contributed by atoms with van der Waals surface area (Å²) in [5.41, 5.74) is 0.126. The molecule has 3 N–H and O–H groups in total. The predicted octanol–water partition coefficient (Wildman–Crippen LogP) is 3.25. The first kappa shape index (κ1) is 13.4.